The molecule has 0 saturated carbocycles. The second-order valence-corrected chi connectivity index (χ2v) is 5.20. The van der Waals surface area contributed by atoms with Gasteiger partial charge in [0.2, 0.25) is 0 Å². The third-order valence-electron chi connectivity index (χ3n) is 3.21. The van der Waals surface area contributed by atoms with Crippen molar-refractivity contribution in [1.82, 2.24) is 19.5 Å². The monoisotopic (exact) mass is 298 g/mol. The summed E-state index contributed by atoms with van der Waals surface area (Å²) < 4.78 is 22.6. The van der Waals surface area contributed by atoms with E-state index in [2.05, 4.69) is 19.5 Å². The normalized spacial score (nSPS) is 23.4. The van der Waals surface area contributed by atoms with Crippen molar-refractivity contribution in [2.75, 3.05) is 18.9 Å². The maximum atomic E-state index is 10.5. The fraction of sp³-hybridized carbons (Fsp3) is 0.500. The molecule has 9 nitrogen and oxygen atoms in total. The van der Waals surface area contributed by atoms with Crippen LogP contribution in [0.25, 0.3) is 11.2 Å². The van der Waals surface area contributed by atoms with Gasteiger partial charge in [0.1, 0.15) is 18.5 Å². The van der Waals surface area contributed by atoms with Gasteiger partial charge in [0.25, 0.3) is 0 Å². The number of aromatic nitrogens is 4. The van der Waals surface area contributed by atoms with Gasteiger partial charge in [-0.25, -0.2) is 15.0 Å². The van der Waals surface area contributed by atoms with E-state index in [0.29, 0.717) is 30.0 Å². The summed E-state index contributed by atoms with van der Waals surface area (Å²) in [5.41, 5.74) is 6.95. The molecule has 1 aliphatic rings. The van der Waals surface area contributed by atoms with E-state index in [-0.39, 0.29) is 18.8 Å². The Balaban J connectivity index is 1.76. The highest BCUT2D eigenvalue weighted by molar-refractivity contribution is 7.32. The van der Waals surface area contributed by atoms with E-state index in [1.54, 1.807) is 6.33 Å². The number of nitrogens with zero attached hydrogens (tertiary/aromatic N) is 4. The molecule has 20 heavy (non-hydrogen) atoms. The highest BCUT2D eigenvalue weighted by atomic mass is 31.1. The standard InChI is InChI=1S/C10H12N5O4P/c11-9-8-10(13-4-12-9)15(5-14-8)6-1-7(18-2-6)3-19-20(16)17/h4-7H,1-3H2,(H2-,11,12,13,16,17)/p+1/t6-,7-/m0/s1. The first-order chi connectivity index (χ1) is 9.65. The van der Waals surface area contributed by atoms with Crippen molar-refractivity contribution in [1.29, 1.82) is 0 Å². The van der Waals surface area contributed by atoms with Crippen molar-refractivity contribution in [2.24, 2.45) is 0 Å². The number of imidazole rings is 1. The Kier molecular flexibility index (Phi) is 3.58. The highest BCUT2D eigenvalue weighted by Gasteiger charge is 2.30. The molecular formula is C10H13N5O4P+. The Labute approximate surface area is 114 Å². The van der Waals surface area contributed by atoms with Gasteiger partial charge in [0, 0.05) is 4.57 Å². The molecule has 1 aliphatic heterocycles. The van der Waals surface area contributed by atoms with E-state index in [1.165, 1.54) is 6.33 Å². The first-order valence-corrected chi connectivity index (χ1v) is 7.12. The lowest BCUT2D eigenvalue weighted by molar-refractivity contribution is 0.0648. The van der Waals surface area contributed by atoms with Crippen LogP contribution in [0.15, 0.2) is 12.7 Å². The topological polar surface area (TPSA) is 125 Å². The molecule has 1 unspecified atom stereocenters. The Morgan fingerprint density at radius 2 is 2.40 bits per heavy atom. The summed E-state index contributed by atoms with van der Waals surface area (Å²) in [6.07, 6.45) is 3.48. The predicted octanol–water partition coefficient (Wildman–Crippen LogP) is 0.405. The number of nitrogen functional groups attached to an aromatic ring is 1. The van der Waals surface area contributed by atoms with Gasteiger partial charge in [-0.1, -0.05) is 0 Å². The van der Waals surface area contributed by atoms with Crippen LogP contribution >= 0.6 is 8.25 Å². The molecule has 2 aromatic rings. The fourth-order valence-corrected chi connectivity index (χ4v) is 2.57. The fourth-order valence-electron chi connectivity index (χ4n) is 2.28. The summed E-state index contributed by atoms with van der Waals surface area (Å²) >= 11 is 0. The number of hydrogen-bond donors (Lipinski definition) is 2. The maximum Gasteiger partial charge on any atom is 0.694 e. The van der Waals surface area contributed by atoms with E-state index in [4.69, 9.17) is 15.4 Å². The van der Waals surface area contributed by atoms with Gasteiger partial charge in [0.05, 0.1) is 25.1 Å². The Morgan fingerprint density at radius 1 is 1.55 bits per heavy atom. The van der Waals surface area contributed by atoms with Gasteiger partial charge in [0.15, 0.2) is 11.5 Å². The van der Waals surface area contributed by atoms with Crippen LogP contribution in [-0.4, -0.2) is 43.7 Å². The smallest absolute Gasteiger partial charge is 0.382 e. The molecule has 0 bridgehead atoms. The molecule has 0 spiro atoms. The van der Waals surface area contributed by atoms with E-state index in [1.807, 2.05) is 4.57 Å². The van der Waals surface area contributed by atoms with E-state index in [9.17, 15) is 4.57 Å². The number of nitrogens with two attached hydrogens (primary N) is 1. The average molecular weight is 298 g/mol. The zero-order chi connectivity index (χ0) is 14.1. The molecule has 3 rings (SSSR count). The van der Waals surface area contributed by atoms with Crippen LogP contribution in [0.5, 0.6) is 0 Å². The van der Waals surface area contributed by atoms with Crippen LogP contribution < -0.4 is 5.73 Å². The van der Waals surface area contributed by atoms with Crippen molar-refractivity contribution in [2.45, 2.75) is 18.6 Å². The molecule has 3 N–H and O–H groups in total. The third-order valence-corrected chi connectivity index (χ3v) is 3.58. The minimum atomic E-state index is -2.59. The summed E-state index contributed by atoms with van der Waals surface area (Å²) in [4.78, 5) is 20.9. The van der Waals surface area contributed by atoms with Crippen LogP contribution in [0.1, 0.15) is 12.5 Å². The van der Waals surface area contributed by atoms with E-state index in [0.717, 1.165) is 0 Å². The summed E-state index contributed by atoms with van der Waals surface area (Å²) in [5, 5.41) is 0. The van der Waals surface area contributed by atoms with Crippen LogP contribution in [0.2, 0.25) is 0 Å². The molecular weight excluding hydrogens is 285 g/mol. The first-order valence-electron chi connectivity index (χ1n) is 5.99. The molecule has 1 fully saturated rings. The molecule has 2 aromatic heterocycles. The molecule has 0 amide bonds. The molecule has 10 heteroatoms. The van der Waals surface area contributed by atoms with Crippen molar-refractivity contribution in [3.05, 3.63) is 12.7 Å². The number of rotatable bonds is 4. The van der Waals surface area contributed by atoms with Crippen LogP contribution in [0, 0.1) is 0 Å². The second kappa shape index (κ2) is 5.37. The van der Waals surface area contributed by atoms with Gasteiger partial charge < -0.3 is 15.0 Å². The molecule has 106 valence electrons. The molecule has 1 saturated heterocycles. The van der Waals surface area contributed by atoms with Gasteiger partial charge in [-0.2, -0.15) is 0 Å². The van der Waals surface area contributed by atoms with Crippen molar-refractivity contribution >= 4 is 25.2 Å². The Bertz CT molecular complexity index is 648. The second-order valence-electron chi connectivity index (χ2n) is 4.46. The van der Waals surface area contributed by atoms with Crippen LogP contribution in [0.4, 0.5) is 5.82 Å². The quantitative estimate of drug-likeness (QED) is 0.777. The third kappa shape index (κ3) is 2.48. The lowest BCUT2D eigenvalue weighted by atomic mass is 10.2. The van der Waals surface area contributed by atoms with Crippen molar-refractivity contribution in [3.63, 3.8) is 0 Å². The molecule has 0 radical (unpaired) electrons. The molecule has 3 atom stereocenters. The highest BCUT2D eigenvalue weighted by Crippen LogP contribution is 2.29. The Hall–Kier alpha value is -1.67. The zero-order valence-electron chi connectivity index (χ0n) is 10.4. The first kappa shape index (κ1) is 13.3. The van der Waals surface area contributed by atoms with Gasteiger partial charge in [-0.3, -0.25) is 0 Å². The van der Waals surface area contributed by atoms with E-state index < -0.39 is 8.25 Å². The van der Waals surface area contributed by atoms with Crippen molar-refractivity contribution < 1.29 is 18.7 Å². The minimum Gasteiger partial charge on any atom is -0.382 e. The predicted molar refractivity (Wildman–Crippen MR) is 68.9 cm³/mol. The van der Waals surface area contributed by atoms with Crippen LogP contribution in [0.3, 0.4) is 0 Å². The maximum absolute atomic E-state index is 10.5. The van der Waals surface area contributed by atoms with Crippen LogP contribution in [-0.2, 0) is 13.8 Å². The number of hydrogen-bond acceptors (Lipinski definition) is 7. The Morgan fingerprint density at radius 3 is 3.20 bits per heavy atom. The molecule has 0 aliphatic carbocycles. The number of anilines is 1. The number of fused-ring (bicyclic) bond motifs is 1. The largest absolute Gasteiger partial charge is 0.694 e. The SMILES string of the molecule is Nc1ncnc2c1ncn2[C@@H]1CO[C@H](CO[P+](=O)O)C1. The van der Waals surface area contributed by atoms with Gasteiger partial charge in [-0.15, -0.1) is 9.42 Å². The molecule has 0 aromatic carbocycles. The van der Waals surface area contributed by atoms with Gasteiger partial charge in [-0.05, 0) is 6.42 Å². The zero-order valence-corrected chi connectivity index (χ0v) is 11.3. The minimum absolute atomic E-state index is 0.0412. The number of ether oxygens (including phenoxy) is 1. The summed E-state index contributed by atoms with van der Waals surface area (Å²) in [6.45, 7) is 0.553. The van der Waals surface area contributed by atoms with Gasteiger partial charge >= 0.3 is 8.25 Å². The summed E-state index contributed by atoms with van der Waals surface area (Å²) in [7, 11) is -2.59. The molecule has 3 heterocycles. The lowest BCUT2D eigenvalue weighted by Gasteiger charge is -2.10. The average Bonchev–Trinajstić information content (AvgIpc) is 3.02. The summed E-state index contributed by atoms with van der Waals surface area (Å²) in [6, 6.07) is 0.0412. The lowest BCUT2D eigenvalue weighted by Crippen LogP contribution is -2.12. The summed E-state index contributed by atoms with van der Waals surface area (Å²) in [5.74, 6) is 0.338. The van der Waals surface area contributed by atoms with E-state index >= 15 is 0 Å². The van der Waals surface area contributed by atoms with Crippen molar-refractivity contribution in [3.8, 4) is 0 Å².